The Morgan fingerprint density at radius 3 is 2.29 bits per heavy atom. The molecule has 0 saturated carbocycles. The summed E-state index contributed by atoms with van der Waals surface area (Å²) in [5, 5.41) is 12.6. The number of nitro groups is 1. The van der Waals surface area contributed by atoms with Crippen molar-refractivity contribution in [2.24, 2.45) is 0 Å². The van der Waals surface area contributed by atoms with Gasteiger partial charge in [0.25, 0.3) is 10.7 Å². The van der Waals surface area contributed by atoms with Gasteiger partial charge in [0.15, 0.2) is 0 Å². The molecule has 124 valence electrons. The summed E-state index contributed by atoms with van der Waals surface area (Å²) in [4.78, 5) is 11.5. The van der Waals surface area contributed by atoms with Crippen molar-refractivity contribution in [3.63, 3.8) is 0 Å². The minimum absolute atomic E-state index is 0. The molecular weight excluding hydrogens is 479 g/mol. The molecule has 3 aromatic rings. The first kappa shape index (κ1) is 19.2. The second-order valence-corrected chi connectivity index (χ2v) is 6.80. The number of thioether (sulfide) groups is 1. The van der Waals surface area contributed by atoms with Crippen LogP contribution in [-0.4, -0.2) is 11.2 Å². The van der Waals surface area contributed by atoms with Gasteiger partial charge in [0.2, 0.25) is 11.2 Å². The maximum Gasteiger partial charge on any atom is 0.269 e. The van der Waals surface area contributed by atoms with Gasteiger partial charge in [-0.3, -0.25) is 10.1 Å². The van der Waals surface area contributed by atoms with Crippen LogP contribution in [0.4, 0.5) is 5.69 Å². The van der Waals surface area contributed by atoms with E-state index in [0.717, 1.165) is 21.2 Å². The summed E-state index contributed by atoms with van der Waals surface area (Å²) in [5.74, 6) is 0. The number of nitro benzene ring substituents is 1. The van der Waals surface area contributed by atoms with Crippen molar-refractivity contribution in [3.8, 4) is 16.1 Å². The number of non-ortho nitro benzene ring substituents is 1. The Morgan fingerprint density at radius 1 is 1.12 bits per heavy atom. The zero-order valence-corrected chi connectivity index (χ0v) is 17.0. The van der Waals surface area contributed by atoms with Gasteiger partial charge in [-0.1, -0.05) is 46.8 Å². The monoisotopic (exact) mass is 490 g/mol. The molecule has 24 heavy (non-hydrogen) atoms. The molecule has 0 aliphatic rings. The highest BCUT2D eigenvalue weighted by Gasteiger charge is 2.23. The lowest BCUT2D eigenvalue weighted by molar-refractivity contribution is -0.629. The minimum Gasteiger partial charge on any atom is -1.00 e. The Labute approximate surface area is 169 Å². The molecule has 0 fully saturated rings. The summed E-state index contributed by atoms with van der Waals surface area (Å²) in [6.45, 7) is 0. The third kappa shape index (κ3) is 3.90. The van der Waals surface area contributed by atoms with E-state index in [4.69, 9.17) is 11.6 Å². The van der Waals surface area contributed by atoms with Crippen LogP contribution in [0.3, 0.4) is 0 Å². The van der Waals surface area contributed by atoms with E-state index in [1.54, 1.807) is 35.2 Å². The van der Waals surface area contributed by atoms with E-state index in [9.17, 15) is 10.1 Å². The second-order valence-electron chi connectivity index (χ2n) is 4.71. The number of benzene rings is 2. The molecule has 0 amide bonds. The summed E-state index contributed by atoms with van der Waals surface area (Å²) >= 11 is 9.22. The Hall–Kier alpha value is -1.16. The molecule has 0 unspecified atom stereocenters. The van der Waals surface area contributed by atoms with Crippen LogP contribution in [0, 0.1) is 10.1 Å². The number of halogens is 2. The van der Waals surface area contributed by atoms with Crippen LogP contribution in [0.2, 0.25) is 5.02 Å². The lowest BCUT2D eigenvalue weighted by Gasteiger charge is -2.00. The fraction of sp³-hybridized carbons (Fsp3) is 0.0625. The normalized spacial score (nSPS) is 10.2. The number of hydrogen-bond acceptors (Lipinski definition) is 4. The Morgan fingerprint density at radius 2 is 1.75 bits per heavy atom. The molecular formula is C16H12ClIN2O2S2. The largest absolute Gasteiger partial charge is 1.00 e. The van der Waals surface area contributed by atoms with E-state index in [2.05, 4.69) is 0 Å². The van der Waals surface area contributed by atoms with Gasteiger partial charge in [-0.05, 0) is 24.0 Å². The van der Waals surface area contributed by atoms with Crippen molar-refractivity contribution in [3.05, 3.63) is 69.2 Å². The molecule has 0 spiro atoms. The van der Waals surface area contributed by atoms with Crippen molar-refractivity contribution in [1.82, 2.24) is 0 Å². The lowest BCUT2D eigenvalue weighted by atomic mass is 10.2. The van der Waals surface area contributed by atoms with Crippen molar-refractivity contribution in [2.75, 3.05) is 6.26 Å². The summed E-state index contributed by atoms with van der Waals surface area (Å²) < 4.78 is 2.04. The highest BCUT2D eigenvalue weighted by molar-refractivity contribution is 7.98. The lowest BCUT2D eigenvalue weighted by Crippen LogP contribution is -3.00. The maximum atomic E-state index is 10.8. The topological polar surface area (TPSA) is 47.0 Å². The van der Waals surface area contributed by atoms with E-state index < -0.39 is 4.92 Å². The van der Waals surface area contributed by atoms with Gasteiger partial charge in [-0.2, -0.15) is 0 Å². The molecule has 0 N–H and O–H groups in total. The van der Waals surface area contributed by atoms with Crippen LogP contribution in [0.5, 0.6) is 0 Å². The molecule has 0 aliphatic carbocycles. The summed E-state index contributed by atoms with van der Waals surface area (Å²) in [5.41, 5.74) is 4.10. The van der Waals surface area contributed by atoms with Crippen molar-refractivity contribution in [1.29, 1.82) is 0 Å². The number of thiazole rings is 1. The summed E-state index contributed by atoms with van der Waals surface area (Å²) in [7, 11) is 0. The van der Waals surface area contributed by atoms with Crippen LogP contribution >= 0.6 is 34.7 Å². The van der Waals surface area contributed by atoms with Crippen LogP contribution in [0.25, 0.3) is 16.1 Å². The molecule has 1 aromatic heterocycles. The third-order valence-electron chi connectivity index (χ3n) is 3.33. The van der Waals surface area contributed by atoms with Gasteiger partial charge in [-0.25, -0.2) is 0 Å². The molecule has 0 bridgehead atoms. The predicted octanol–water partition coefficient (Wildman–Crippen LogP) is 1.98. The smallest absolute Gasteiger partial charge is 0.269 e. The molecule has 0 radical (unpaired) electrons. The van der Waals surface area contributed by atoms with E-state index >= 15 is 0 Å². The molecule has 1 heterocycles. The maximum absolute atomic E-state index is 10.8. The summed E-state index contributed by atoms with van der Waals surface area (Å²) in [6, 6.07) is 14.3. The summed E-state index contributed by atoms with van der Waals surface area (Å²) in [6.07, 6.45) is 2.02. The van der Waals surface area contributed by atoms with E-state index in [1.165, 1.54) is 12.1 Å². The minimum atomic E-state index is -0.392. The fourth-order valence-electron chi connectivity index (χ4n) is 2.21. The third-order valence-corrected chi connectivity index (χ3v) is 5.48. The SMILES string of the molecule is CSc1c(-c2ccc(Cl)cc2)sc[n+]1-c1ccc([N+](=O)[O-])cc1.[I-]. The average Bonchev–Trinajstić information content (AvgIpc) is 2.99. The zero-order chi connectivity index (χ0) is 16.4. The van der Waals surface area contributed by atoms with Gasteiger partial charge >= 0.3 is 0 Å². The number of nitrogens with zero attached hydrogens (tertiary/aromatic N) is 2. The highest BCUT2D eigenvalue weighted by Crippen LogP contribution is 2.33. The van der Waals surface area contributed by atoms with Gasteiger partial charge in [0.1, 0.15) is 4.88 Å². The highest BCUT2D eigenvalue weighted by atomic mass is 127. The van der Waals surface area contributed by atoms with E-state index in [1.807, 2.05) is 40.6 Å². The Balaban J connectivity index is 0.00000208. The molecule has 3 rings (SSSR count). The van der Waals surface area contributed by atoms with Gasteiger partial charge in [-0.15, -0.1) is 4.57 Å². The van der Waals surface area contributed by atoms with Crippen molar-refractivity contribution in [2.45, 2.75) is 5.03 Å². The molecule has 0 atom stereocenters. The van der Waals surface area contributed by atoms with Crippen LogP contribution in [0.1, 0.15) is 0 Å². The van der Waals surface area contributed by atoms with E-state index in [0.29, 0.717) is 5.02 Å². The van der Waals surface area contributed by atoms with Gasteiger partial charge in [0, 0.05) is 29.3 Å². The quantitative estimate of drug-likeness (QED) is 0.185. The first-order valence-electron chi connectivity index (χ1n) is 6.68. The van der Waals surface area contributed by atoms with Gasteiger partial charge < -0.3 is 24.0 Å². The number of rotatable bonds is 4. The van der Waals surface area contributed by atoms with Crippen LogP contribution in [-0.2, 0) is 0 Å². The van der Waals surface area contributed by atoms with Crippen molar-refractivity contribution < 1.29 is 33.5 Å². The molecule has 4 nitrogen and oxygen atoms in total. The predicted molar refractivity (Wildman–Crippen MR) is 94.7 cm³/mol. The molecule has 2 aromatic carbocycles. The fourth-order valence-corrected chi connectivity index (χ4v) is 4.36. The standard InChI is InChI=1S/C16H12ClN2O2S2.HI/c1-22-16-15(11-2-4-12(17)5-3-11)23-10-18(16)13-6-8-14(9-7-13)19(20)21;/h2-10H,1H3;1H/q+1;/p-1. The molecule has 8 heteroatoms. The molecule has 0 aliphatic heterocycles. The zero-order valence-electron chi connectivity index (χ0n) is 12.5. The number of hydrogen-bond donors (Lipinski definition) is 0. The Bertz CT molecular complexity index is 852. The van der Waals surface area contributed by atoms with E-state index in [-0.39, 0.29) is 29.7 Å². The number of aromatic nitrogens is 1. The van der Waals surface area contributed by atoms with Gasteiger partial charge in [0.05, 0.1) is 4.92 Å². The van der Waals surface area contributed by atoms with Crippen molar-refractivity contribution >= 4 is 40.4 Å². The first-order chi connectivity index (χ1) is 11.1. The van der Waals surface area contributed by atoms with Crippen LogP contribution in [0.15, 0.2) is 59.1 Å². The van der Waals surface area contributed by atoms with Crippen LogP contribution < -0.4 is 28.5 Å². The Kier molecular flexibility index (Phi) is 6.62. The second kappa shape index (κ2) is 8.28. The average molecular weight is 491 g/mol. The first-order valence-corrected chi connectivity index (χ1v) is 9.16. The molecule has 0 saturated heterocycles.